The smallest absolute Gasteiger partial charge is 0.329 e. The Hall–Kier alpha value is -3.36. The summed E-state index contributed by atoms with van der Waals surface area (Å²) in [5.74, 6) is -0.758. The van der Waals surface area contributed by atoms with E-state index >= 15 is 0 Å². The van der Waals surface area contributed by atoms with Crippen molar-refractivity contribution in [1.29, 1.82) is 0 Å². The maximum atomic E-state index is 12.0. The molecule has 0 aliphatic rings. The van der Waals surface area contributed by atoms with E-state index < -0.39 is 11.8 Å². The second kappa shape index (κ2) is 11.5. The van der Waals surface area contributed by atoms with Crippen LogP contribution in [-0.4, -0.2) is 25.1 Å². The van der Waals surface area contributed by atoms with Crippen LogP contribution in [0.25, 0.3) is 0 Å². The van der Waals surface area contributed by atoms with Gasteiger partial charge in [-0.25, -0.2) is 5.43 Å². The Balaban J connectivity index is 1.61. The van der Waals surface area contributed by atoms with Crippen LogP contribution in [0, 0.1) is 6.92 Å². The number of methoxy groups -OCH3 is 1. The fourth-order valence-corrected chi connectivity index (χ4v) is 3.53. The average molecular weight is 531 g/mol. The molecule has 0 saturated carbocycles. The monoisotopic (exact) mass is 529 g/mol. The molecule has 0 saturated heterocycles. The average Bonchev–Trinajstić information content (AvgIpc) is 2.79. The highest BCUT2D eigenvalue weighted by Gasteiger charge is 2.14. The van der Waals surface area contributed by atoms with E-state index in [1.807, 2.05) is 31.2 Å². The summed E-state index contributed by atoms with van der Waals surface area (Å²) >= 11 is 9.35. The first-order valence-corrected chi connectivity index (χ1v) is 11.0. The summed E-state index contributed by atoms with van der Waals surface area (Å²) in [6, 6.07) is 18.0. The van der Waals surface area contributed by atoms with Crippen LogP contribution in [0.5, 0.6) is 11.5 Å². The second-order valence-electron chi connectivity index (χ2n) is 6.97. The summed E-state index contributed by atoms with van der Waals surface area (Å²) in [6.07, 6.45) is 1.39. The Morgan fingerprint density at radius 1 is 1.09 bits per heavy atom. The van der Waals surface area contributed by atoms with Crippen molar-refractivity contribution in [3.63, 3.8) is 0 Å². The molecule has 170 valence electrons. The molecule has 3 aromatic carbocycles. The van der Waals surface area contributed by atoms with Crippen molar-refractivity contribution < 1.29 is 19.1 Å². The van der Waals surface area contributed by atoms with E-state index in [9.17, 15) is 9.59 Å². The number of hydrogen-bond acceptors (Lipinski definition) is 5. The van der Waals surface area contributed by atoms with Gasteiger partial charge in [0.25, 0.3) is 0 Å². The summed E-state index contributed by atoms with van der Waals surface area (Å²) in [6.45, 7) is 2.40. The van der Waals surface area contributed by atoms with Crippen LogP contribution in [0.2, 0.25) is 5.02 Å². The third-order valence-corrected chi connectivity index (χ3v) is 5.25. The molecule has 33 heavy (non-hydrogen) atoms. The molecule has 3 rings (SSSR count). The fourth-order valence-electron chi connectivity index (χ4n) is 2.76. The predicted octanol–water partition coefficient (Wildman–Crippen LogP) is 5.09. The topological polar surface area (TPSA) is 89.0 Å². The summed E-state index contributed by atoms with van der Waals surface area (Å²) in [5.41, 5.74) is 5.42. The third kappa shape index (κ3) is 7.06. The number of nitrogens with zero attached hydrogens (tertiary/aromatic N) is 1. The number of nitrogens with one attached hydrogen (secondary N) is 2. The molecule has 9 heteroatoms. The molecule has 0 aliphatic carbocycles. The van der Waals surface area contributed by atoms with E-state index in [2.05, 4.69) is 31.8 Å². The molecule has 0 aliphatic heterocycles. The lowest BCUT2D eigenvalue weighted by Gasteiger charge is -2.13. The Morgan fingerprint density at radius 3 is 2.55 bits per heavy atom. The van der Waals surface area contributed by atoms with Crippen molar-refractivity contribution in [2.45, 2.75) is 13.5 Å². The Labute approximate surface area is 204 Å². The zero-order valence-corrected chi connectivity index (χ0v) is 20.2. The number of amides is 2. The number of halogens is 2. The quantitative estimate of drug-likeness (QED) is 0.253. The van der Waals surface area contributed by atoms with Gasteiger partial charge in [0.15, 0.2) is 11.5 Å². The first kappa shape index (κ1) is 24.3. The Kier molecular flexibility index (Phi) is 8.46. The molecule has 3 aromatic rings. The lowest BCUT2D eigenvalue weighted by Crippen LogP contribution is -2.32. The number of carbonyl (C=O) groups excluding carboxylic acids is 2. The highest BCUT2D eigenvalue weighted by Crippen LogP contribution is 2.36. The van der Waals surface area contributed by atoms with Crippen molar-refractivity contribution in [1.82, 2.24) is 5.43 Å². The van der Waals surface area contributed by atoms with Crippen LogP contribution in [0.1, 0.15) is 16.7 Å². The van der Waals surface area contributed by atoms with Gasteiger partial charge in [0.2, 0.25) is 0 Å². The van der Waals surface area contributed by atoms with Crippen molar-refractivity contribution >= 4 is 51.2 Å². The molecule has 0 spiro atoms. The Morgan fingerprint density at radius 2 is 1.85 bits per heavy atom. The van der Waals surface area contributed by atoms with Gasteiger partial charge in [0, 0.05) is 10.7 Å². The molecule has 0 heterocycles. The minimum atomic E-state index is -0.921. The molecule has 0 fully saturated rings. The van der Waals surface area contributed by atoms with Crippen molar-refractivity contribution in [2.75, 3.05) is 12.4 Å². The zero-order valence-electron chi connectivity index (χ0n) is 17.9. The number of ether oxygens (including phenoxy) is 2. The van der Waals surface area contributed by atoms with Gasteiger partial charge >= 0.3 is 11.8 Å². The Bertz CT molecular complexity index is 1180. The summed E-state index contributed by atoms with van der Waals surface area (Å²) < 4.78 is 12.0. The van der Waals surface area contributed by atoms with Crippen molar-refractivity contribution in [3.05, 3.63) is 86.8 Å². The molecule has 0 aromatic heterocycles. The highest BCUT2D eigenvalue weighted by molar-refractivity contribution is 9.10. The van der Waals surface area contributed by atoms with Gasteiger partial charge in [-0.1, -0.05) is 47.5 Å². The maximum Gasteiger partial charge on any atom is 0.329 e. The van der Waals surface area contributed by atoms with E-state index in [0.717, 1.165) is 5.56 Å². The zero-order chi connectivity index (χ0) is 23.8. The summed E-state index contributed by atoms with van der Waals surface area (Å²) in [4.78, 5) is 24.0. The highest BCUT2D eigenvalue weighted by atomic mass is 79.9. The largest absolute Gasteiger partial charge is 0.493 e. The number of hydrazone groups is 1. The van der Waals surface area contributed by atoms with Crippen LogP contribution in [-0.2, 0) is 16.2 Å². The fraction of sp³-hybridized carbons (Fsp3) is 0.125. The molecule has 2 N–H and O–H groups in total. The lowest BCUT2D eigenvalue weighted by atomic mass is 10.2. The van der Waals surface area contributed by atoms with E-state index in [1.165, 1.54) is 25.0 Å². The number of benzene rings is 3. The van der Waals surface area contributed by atoms with Crippen LogP contribution >= 0.6 is 27.5 Å². The number of aryl methyl sites for hydroxylation is 1. The van der Waals surface area contributed by atoms with E-state index in [-0.39, 0.29) is 0 Å². The molecule has 0 atom stereocenters. The molecule has 0 unspecified atom stereocenters. The van der Waals surface area contributed by atoms with E-state index in [1.54, 1.807) is 30.3 Å². The van der Waals surface area contributed by atoms with Gasteiger partial charge in [-0.3, -0.25) is 9.59 Å². The molecule has 0 radical (unpaired) electrons. The standard InChI is InChI=1S/C24H21BrClN3O4/c1-15-6-8-16(9-7-15)14-33-22-20(25)10-17(11-21(22)32-2)13-27-29-24(31)23(30)28-19-5-3-4-18(26)12-19/h3-13H,14H2,1-2H3,(H,28,30)(H,29,31)/b27-13+. The first-order valence-electron chi connectivity index (χ1n) is 9.81. The molecule has 2 amide bonds. The number of carbonyl (C=O) groups is 2. The van der Waals surface area contributed by atoms with E-state index in [0.29, 0.717) is 38.9 Å². The maximum absolute atomic E-state index is 12.0. The number of rotatable bonds is 7. The van der Waals surface area contributed by atoms with Crippen molar-refractivity contribution in [3.8, 4) is 11.5 Å². The van der Waals surface area contributed by atoms with Crippen LogP contribution < -0.4 is 20.2 Å². The second-order valence-corrected chi connectivity index (χ2v) is 8.26. The number of anilines is 1. The minimum absolute atomic E-state index is 0.375. The van der Waals surface area contributed by atoms with Gasteiger partial charge in [-0.15, -0.1) is 0 Å². The summed E-state index contributed by atoms with van der Waals surface area (Å²) in [7, 11) is 1.53. The summed E-state index contributed by atoms with van der Waals surface area (Å²) in [5, 5.41) is 6.73. The van der Waals surface area contributed by atoms with Gasteiger partial charge in [-0.2, -0.15) is 5.10 Å². The molecule has 0 bridgehead atoms. The van der Waals surface area contributed by atoms with Crippen molar-refractivity contribution in [2.24, 2.45) is 5.10 Å². The minimum Gasteiger partial charge on any atom is -0.493 e. The van der Waals surface area contributed by atoms with Gasteiger partial charge in [0.1, 0.15) is 6.61 Å². The lowest BCUT2D eigenvalue weighted by molar-refractivity contribution is -0.136. The molecule has 7 nitrogen and oxygen atoms in total. The van der Waals surface area contributed by atoms with E-state index in [4.69, 9.17) is 21.1 Å². The van der Waals surface area contributed by atoms with Crippen LogP contribution in [0.3, 0.4) is 0 Å². The molecular weight excluding hydrogens is 510 g/mol. The van der Waals surface area contributed by atoms with Crippen LogP contribution in [0.15, 0.2) is 70.2 Å². The predicted molar refractivity (Wildman–Crippen MR) is 132 cm³/mol. The molecular formula is C24H21BrClN3O4. The number of hydrogen-bond donors (Lipinski definition) is 2. The van der Waals surface area contributed by atoms with Gasteiger partial charge < -0.3 is 14.8 Å². The van der Waals surface area contributed by atoms with Crippen LogP contribution in [0.4, 0.5) is 5.69 Å². The van der Waals surface area contributed by atoms with Gasteiger partial charge in [-0.05, 0) is 64.3 Å². The van der Waals surface area contributed by atoms with Gasteiger partial charge in [0.05, 0.1) is 17.8 Å². The SMILES string of the molecule is COc1cc(/C=N/NC(=O)C(=O)Nc2cccc(Cl)c2)cc(Br)c1OCc1ccc(C)cc1. The normalized spacial score (nSPS) is 10.7. The first-order chi connectivity index (χ1) is 15.9. The third-order valence-electron chi connectivity index (χ3n) is 4.42.